The molecule has 1 heterocycles. The van der Waals surface area contributed by atoms with Crippen LogP contribution in [0, 0.1) is 0 Å². The lowest BCUT2D eigenvalue weighted by Gasteiger charge is -2.35. The molecule has 114 valence electrons. The third-order valence-corrected chi connectivity index (χ3v) is 4.69. The van der Waals surface area contributed by atoms with Crippen molar-refractivity contribution in [2.45, 2.75) is 24.8 Å². The van der Waals surface area contributed by atoms with E-state index in [0.29, 0.717) is 5.92 Å². The first-order chi connectivity index (χ1) is 10.6. The van der Waals surface area contributed by atoms with Crippen LogP contribution in [-0.2, 0) is 4.79 Å². The normalized spacial score (nSPS) is 22.4. The largest absolute Gasteiger partial charge is 0.368 e. The molecule has 3 heteroatoms. The Morgan fingerprint density at radius 1 is 1.05 bits per heavy atom. The molecule has 0 saturated carbocycles. The first kappa shape index (κ1) is 14.8. The monoisotopic (exact) mass is 294 g/mol. The van der Waals surface area contributed by atoms with Crippen molar-refractivity contribution in [1.29, 1.82) is 0 Å². The van der Waals surface area contributed by atoms with Crippen molar-refractivity contribution in [2.24, 2.45) is 5.73 Å². The molecular weight excluding hydrogens is 272 g/mol. The maximum absolute atomic E-state index is 11.6. The maximum Gasteiger partial charge on any atom is 0.234 e. The molecule has 0 unspecified atom stereocenters. The predicted octanol–water partition coefficient (Wildman–Crippen LogP) is 3.02. The number of hydrogen-bond acceptors (Lipinski definition) is 2. The van der Waals surface area contributed by atoms with Gasteiger partial charge in [0.15, 0.2) is 0 Å². The lowest BCUT2D eigenvalue weighted by Crippen LogP contribution is -2.47. The summed E-state index contributed by atoms with van der Waals surface area (Å²) in [5.41, 5.74) is 9.28. The predicted molar refractivity (Wildman–Crippen MR) is 89.5 cm³/mol. The highest BCUT2D eigenvalue weighted by atomic mass is 16.1. The standard InChI is InChI=1S/C19H22N2O/c1-21-12-11-17(13-18(21)19(20)22)16-9-7-15(8-10-16)14-5-3-2-4-6-14/h2-10,17-18H,11-13H2,1H3,(H2,20,22)/t17-,18+/m1/s1. The summed E-state index contributed by atoms with van der Waals surface area (Å²) in [6.07, 6.45) is 1.89. The molecule has 1 saturated heterocycles. The van der Waals surface area contributed by atoms with E-state index >= 15 is 0 Å². The minimum absolute atomic E-state index is 0.146. The minimum atomic E-state index is -0.215. The molecule has 2 atom stereocenters. The number of primary amides is 1. The molecule has 1 amide bonds. The fourth-order valence-corrected chi connectivity index (χ4v) is 3.30. The van der Waals surface area contributed by atoms with Gasteiger partial charge in [0.1, 0.15) is 0 Å². The number of likely N-dealkylation sites (tertiary alicyclic amines) is 1. The molecule has 1 aliphatic rings. The third kappa shape index (κ3) is 3.04. The summed E-state index contributed by atoms with van der Waals surface area (Å²) < 4.78 is 0. The number of piperidine rings is 1. The molecule has 0 aromatic heterocycles. The van der Waals surface area contributed by atoms with Crippen LogP contribution >= 0.6 is 0 Å². The number of amides is 1. The van der Waals surface area contributed by atoms with Gasteiger partial charge >= 0.3 is 0 Å². The topological polar surface area (TPSA) is 46.3 Å². The molecule has 22 heavy (non-hydrogen) atoms. The molecule has 2 N–H and O–H groups in total. The number of nitrogens with two attached hydrogens (primary N) is 1. The van der Waals surface area contributed by atoms with Gasteiger partial charge in [0.2, 0.25) is 5.91 Å². The quantitative estimate of drug-likeness (QED) is 0.946. The second-order valence-electron chi connectivity index (χ2n) is 6.11. The van der Waals surface area contributed by atoms with Gasteiger partial charge < -0.3 is 5.73 Å². The van der Waals surface area contributed by atoms with Gasteiger partial charge in [-0.05, 0) is 49.0 Å². The maximum atomic E-state index is 11.6. The molecule has 3 nitrogen and oxygen atoms in total. The number of likely N-dealkylation sites (N-methyl/N-ethyl adjacent to an activating group) is 1. The smallest absolute Gasteiger partial charge is 0.234 e. The summed E-state index contributed by atoms with van der Waals surface area (Å²) in [7, 11) is 1.98. The van der Waals surface area contributed by atoms with Crippen LogP contribution in [0.1, 0.15) is 24.3 Å². The molecule has 0 aliphatic carbocycles. The van der Waals surface area contributed by atoms with Gasteiger partial charge in [-0.1, -0.05) is 54.6 Å². The van der Waals surface area contributed by atoms with Crippen molar-refractivity contribution in [1.82, 2.24) is 4.90 Å². The van der Waals surface area contributed by atoms with Gasteiger partial charge in [-0.25, -0.2) is 0 Å². The van der Waals surface area contributed by atoms with Crippen LogP contribution in [0.4, 0.5) is 0 Å². The molecule has 0 bridgehead atoms. The van der Waals surface area contributed by atoms with Gasteiger partial charge in [-0.3, -0.25) is 9.69 Å². The van der Waals surface area contributed by atoms with Crippen molar-refractivity contribution in [3.05, 3.63) is 60.2 Å². The van der Waals surface area contributed by atoms with Crippen LogP contribution in [0.15, 0.2) is 54.6 Å². The van der Waals surface area contributed by atoms with Gasteiger partial charge in [0.05, 0.1) is 6.04 Å². The van der Waals surface area contributed by atoms with Gasteiger partial charge in [0.25, 0.3) is 0 Å². The number of hydrogen-bond donors (Lipinski definition) is 1. The van der Waals surface area contributed by atoms with E-state index in [1.807, 2.05) is 13.1 Å². The highest BCUT2D eigenvalue weighted by molar-refractivity contribution is 5.80. The van der Waals surface area contributed by atoms with Crippen molar-refractivity contribution in [3.63, 3.8) is 0 Å². The Hall–Kier alpha value is -2.13. The molecule has 2 aromatic carbocycles. The first-order valence-corrected chi connectivity index (χ1v) is 7.80. The number of carbonyl (C=O) groups excluding carboxylic acids is 1. The lowest BCUT2D eigenvalue weighted by molar-refractivity contribution is -0.124. The summed E-state index contributed by atoms with van der Waals surface area (Å²) in [6.45, 7) is 0.915. The first-order valence-electron chi connectivity index (χ1n) is 7.80. The van der Waals surface area contributed by atoms with Crippen LogP contribution in [0.3, 0.4) is 0 Å². The Morgan fingerprint density at radius 3 is 2.32 bits per heavy atom. The summed E-state index contributed by atoms with van der Waals surface area (Å²) in [6, 6.07) is 18.9. The van der Waals surface area contributed by atoms with Crippen LogP contribution < -0.4 is 5.73 Å². The second-order valence-corrected chi connectivity index (χ2v) is 6.11. The van der Waals surface area contributed by atoms with E-state index in [2.05, 4.69) is 53.4 Å². The number of carbonyl (C=O) groups is 1. The summed E-state index contributed by atoms with van der Waals surface area (Å²) >= 11 is 0. The van der Waals surface area contributed by atoms with E-state index in [-0.39, 0.29) is 11.9 Å². The minimum Gasteiger partial charge on any atom is -0.368 e. The van der Waals surface area contributed by atoms with Crippen LogP contribution in [0.2, 0.25) is 0 Å². The Labute approximate surface area is 131 Å². The Balaban J connectivity index is 1.77. The fraction of sp³-hybridized carbons (Fsp3) is 0.316. The average molecular weight is 294 g/mol. The molecule has 1 fully saturated rings. The highest BCUT2D eigenvalue weighted by Gasteiger charge is 2.30. The Bertz CT molecular complexity index is 636. The molecule has 0 radical (unpaired) electrons. The van der Waals surface area contributed by atoms with Gasteiger partial charge in [-0.15, -0.1) is 0 Å². The Kier molecular flexibility index (Phi) is 4.25. The van der Waals surface area contributed by atoms with Crippen LogP contribution in [0.5, 0.6) is 0 Å². The van der Waals surface area contributed by atoms with Crippen molar-refractivity contribution >= 4 is 5.91 Å². The van der Waals surface area contributed by atoms with E-state index in [9.17, 15) is 4.79 Å². The summed E-state index contributed by atoms with van der Waals surface area (Å²) in [5.74, 6) is 0.201. The number of nitrogens with zero attached hydrogens (tertiary/aromatic N) is 1. The molecular formula is C19H22N2O. The van der Waals surface area contributed by atoms with Gasteiger partial charge in [0, 0.05) is 0 Å². The van der Waals surface area contributed by atoms with Gasteiger partial charge in [-0.2, -0.15) is 0 Å². The van der Waals surface area contributed by atoms with Crippen molar-refractivity contribution < 1.29 is 4.79 Å². The van der Waals surface area contributed by atoms with E-state index in [0.717, 1.165) is 19.4 Å². The molecule has 2 aromatic rings. The zero-order valence-corrected chi connectivity index (χ0v) is 12.9. The zero-order valence-electron chi connectivity index (χ0n) is 12.9. The lowest BCUT2D eigenvalue weighted by atomic mass is 9.84. The highest BCUT2D eigenvalue weighted by Crippen LogP contribution is 2.32. The molecule has 1 aliphatic heterocycles. The third-order valence-electron chi connectivity index (χ3n) is 4.69. The van der Waals surface area contributed by atoms with Crippen LogP contribution in [-0.4, -0.2) is 30.4 Å². The zero-order chi connectivity index (χ0) is 15.5. The Morgan fingerprint density at radius 2 is 1.68 bits per heavy atom. The fourth-order valence-electron chi connectivity index (χ4n) is 3.30. The van der Waals surface area contributed by atoms with E-state index in [4.69, 9.17) is 5.73 Å². The molecule has 0 spiro atoms. The van der Waals surface area contributed by atoms with E-state index in [1.165, 1.54) is 16.7 Å². The van der Waals surface area contributed by atoms with Crippen molar-refractivity contribution in [3.8, 4) is 11.1 Å². The number of benzene rings is 2. The summed E-state index contributed by atoms with van der Waals surface area (Å²) in [4.78, 5) is 13.6. The molecule has 3 rings (SSSR count). The van der Waals surface area contributed by atoms with E-state index in [1.54, 1.807) is 0 Å². The second kappa shape index (κ2) is 6.32. The number of rotatable bonds is 3. The van der Waals surface area contributed by atoms with Crippen molar-refractivity contribution in [2.75, 3.05) is 13.6 Å². The van der Waals surface area contributed by atoms with E-state index < -0.39 is 0 Å². The average Bonchev–Trinajstić information content (AvgIpc) is 2.56. The summed E-state index contributed by atoms with van der Waals surface area (Å²) in [5, 5.41) is 0. The van der Waals surface area contributed by atoms with Crippen LogP contribution in [0.25, 0.3) is 11.1 Å². The SMILES string of the molecule is CN1CC[C@@H](c2ccc(-c3ccccc3)cc2)C[C@H]1C(N)=O.